The molecule has 2 heteroatoms. The van der Waals surface area contributed by atoms with Crippen LogP contribution < -0.4 is 0 Å². The number of allylic oxidation sites excluding steroid dienone is 2. The summed E-state index contributed by atoms with van der Waals surface area (Å²) in [4.78, 5) is 12.3. The molecule has 1 unspecified atom stereocenters. The highest BCUT2D eigenvalue weighted by Crippen LogP contribution is 2.37. The first-order valence-corrected chi connectivity index (χ1v) is 7.83. The molecule has 1 aromatic heterocycles. The second kappa shape index (κ2) is 4.91. The maximum absolute atomic E-state index is 12.3. The molecule has 0 N–H and O–H groups in total. The lowest BCUT2D eigenvalue weighted by Gasteiger charge is -2.31. The second-order valence-electron chi connectivity index (χ2n) is 7.35. The fourth-order valence-corrected chi connectivity index (χ4v) is 3.74. The summed E-state index contributed by atoms with van der Waals surface area (Å²) in [5, 5.41) is 0. The lowest BCUT2D eigenvalue weighted by molar-refractivity contribution is 0.0909. The monoisotopic (exact) mass is 271 g/mol. The molecule has 1 heterocycles. The zero-order chi connectivity index (χ0) is 14.3. The van der Waals surface area contributed by atoms with Gasteiger partial charge in [0, 0.05) is 29.9 Å². The fourth-order valence-electron chi connectivity index (χ4n) is 3.74. The molecule has 2 nitrogen and oxygen atoms in total. The molecule has 0 fully saturated rings. The number of hydrogen-bond donors (Lipinski definition) is 0. The van der Waals surface area contributed by atoms with E-state index in [1.807, 2.05) is 0 Å². The second-order valence-corrected chi connectivity index (χ2v) is 7.35. The van der Waals surface area contributed by atoms with Crippen molar-refractivity contribution in [1.82, 2.24) is 4.57 Å². The number of ketones is 1. The molecular weight excluding hydrogens is 246 g/mol. The summed E-state index contributed by atoms with van der Waals surface area (Å²) in [7, 11) is 0. The van der Waals surface area contributed by atoms with Gasteiger partial charge in [-0.1, -0.05) is 26.0 Å². The van der Waals surface area contributed by atoms with Crippen LogP contribution >= 0.6 is 0 Å². The first kappa shape index (κ1) is 13.7. The normalized spacial score (nSPS) is 24.8. The minimum absolute atomic E-state index is 0.110. The Morgan fingerprint density at radius 3 is 2.80 bits per heavy atom. The highest BCUT2D eigenvalue weighted by molar-refractivity contribution is 5.99. The molecule has 0 saturated heterocycles. The summed E-state index contributed by atoms with van der Waals surface area (Å²) < 4.78 is 2.43. The van der Waals surface area contributed by atoms with E-state index >= 15 is 0 Å². The lowest BCUT2D eigenvalue weighted by atomic mass is 9.76. The van der Waals surface area contributed by atoms with E-state index < -0.39 is 0 Å². The smallest absolute Gasteiger partial charge is 0.165 e. The van der Waals surface area contributed by atoms with Crippen LogP contribution in [-0.4, -0.2) is 10.4 Å². The zero-order valence-electron chi connectivity index (χ0n) is 12.9. The maximum Gasteiger partial charge on any atom is 0.165 e. The van der Waals surface area contributed by atoms with Crippen molar-refractivity contribution in [2.45, 2.75) is 59.4 Å². The number of hydrogen-bond acceptors (Lipinski definition) is 1. The fraction of sp³-hybridized carbons (Fsp3) is 0.611. The van der Waals surface area contributed by atoms with Crippen molar-refractivity contribution in [1.29, 1.82) is 0 Å². The van der Waals surface area contributed by atoms with Gasteiger partial charge in [0.1, 0.15) is 0 Å². The van der Waals surface area contributed by atoms with E-state index in [1.165, 1.54) is 30.7 Å². The van der Waals surface area contributed by atoms with E-state index in [0.717, 1.165) is 24.4 Å². The quantitative estimate of drug-likeness (QED) is 0.735. The van der Waals surface area contributed by atoms with Crippen LogP contribution in [0.4, 0.5) is 0 Å². The number of fused-ring (bicyclic) bond motifs is 1. The van der Waals surface area contributed by atoms with Gasteiger partial charge >= 0.3 is 0 Å². The van der Waals surface area contributed by atoms with Crippen LogP contribution in [0.2, 0.25) is 0 Å². The minimum atomic E-state index is 0.110. The summed E-state index contributed by atoms with van der Waals surface area (Å²) in [5.74, 6) is 1.07. The van der Waals surface area contributed by atoms with Crippen molar-refractivity contribution >= 4 is 5.78 Å². The average Bonchev–Trinajstić information content (AvgIpc) is 2.67. The molecule has 0 amide bonds. The number of aromatic nitrogens is 1. The van der Waals surface area contributed by atoms with Crippen molar-refractivity contribution < 1.29 is 4.79 Å². The summed E-state index contributed by atoms with van der Waals surface area (Å²) in [6.07, 6.45) is 10.00. The standard InChI is InChI=1S/C18H25NO/c1-13-9-15-16(10-18(2,3)11-17(15)20)19(13)12-14-7-5-4-6-8-14/h4-5,9,14H,6-8,10-12H2,1-3H3. The maximum atomic E-state index is 12.3. The molecule has 1 atom stereocenters. The third kappa shape index (κ3) is 2.48. The van der Waals surface area contributed by atoms with Crippen molar-refractivity contribution in [3.63, 3.8) is 0 Å². The Balaban J connectivity index is 1.92. The summed E-state index contributed by atoms with van der Waals surface area (Å²) in [5.41, 5.74) is 3.65. The molecular formula is C18H25NO. The Morgan fingerprint density at radius 2 is 2.10 bits per heavy atom. The minimum Gasteiger partial charge on any atom is -0.348 e. The van der Waals surface area contributed by atoms with E-state index in [2.05, 4.69) is 43.6 Å². The van der Waals surface area contributed by atoms with Gasteiger partial charge in [0.2, 0.25) is 0 Å². The van der Waals surface area contributed by atoms with E-state index in [9.17, 15) is 4.79 Å². The summed E-state index contributed by atoms with van der Waals surface area (Å²) in [6, 6.07) is 2.12. The van der Waals surface area contributed by atoms with Gasteiger partial charge in [-0.3, -0.25) is 4.79 Å². The molecule has 108 valence electrons. The number of rotatable bonds is 2. The van der Waals surface area contributed by atoms with Gasteiger partial charge in [0.25, 0.3) is 0 Å². The highest BCUT2D eigenvalue weighted by Gasteiger charge is 2.34. The Bertz CT molecular complexity index is 562. The molecule has 1 aromatic rings. The van der Waals surface area contributed by atoms with Crippen molar-refractivity contribution in [2.75, 3.05) is 0 Å². The zero-order valence-corrected chi connectivity index (χ0v) is 12.9. The Morgan fingerprint density at radius 1 is 1.30 bits per heavy atom. The van der Waals surface area contributed by atoms with Crippen molar-refractivity contribution in [3.8, 4) is 0 Å². The van der Waals surface area contributed by atoms with Gasteiger partial charge in [-0.05, 0) is 50.0 Å². The van der Waals surface area contributed by atoms with Crippen LogP contribution in [0, 0.1) is 18.3 Å². The molecule has 0 bridgehead atoms. The molecule has 0 spiro atoms. The van der Waals surface area contributed by atoms with Crippen LogP contribution in [0.1, 0.15) is 61.3 Å². The Kier molecular flexibility index (Phi) is 3.35. The van der Waals surface area contributed by atoms with Crippen molar-refractivity contribution in [3.05, 3.63) is 35.2 Å². The van der Waals surface area contributed by atoms with Crippen LogP contribution in [0.5, 0.6) is 0 Å². The predicted octanol–water partition coefficient (Wildman–Crippen LogP) is 4.31. The van der Waals surface area contributed by atoms with Crippen LogP contribution in [0.15, 0.2) is 18.2 Å². The molecule has 0 saturated carbocycles. The number of carbonyl (C=O) groups is 1. The van der Waals surface area contributed by atoms with Gasteiger partial charge in [-0.25, -0.2) is 0 Å². The van der Waals surface area contributed by atoms with E-state index in [1.54, 1.807) is 0 Å². The van der Waals surface area contributed by atoms with E-state index in [4.69, 9.17) is 0 Å². The highest BCUT2D eigenvalue weighted by atomic mass is 16.1. The largest absolute Gasteiger partial charge is 0.348 e. The van der Waals surface area contributed by atoms with E-state index in [-0.39, 0.29) is 5.41 Å². The summed E-state index contributed by atoms with van der Waals surface area (Å²) in [6.45, 7) is 7.65. The number of carbonyl (C=O) groups excluding carboxylic acids is 1. The number of Topliss-reactive ketones (excluding diaryl/α,β-unsaturated/α-hetero) is 1. The van der Waals surface area contributed by atoms with Crippen LogP contribution in [0.25, 0.3) is 0 Å². The number of aryl methyl sites for hydroxylation is 1. The molecule has 0 aliphatic heterocycles. The van der Waals surface area contributed by atoms with Crippen LogP contribution in [-0.2, 0) is 13.0 Å². The molecule has 2 aliphatic carbocycles. The van der Waals surface area contributed by atoms with Gasteiger partial charge < -0.3 is 4.57 Å². The molecule has 2 aliphatic rings. The average molecular weight is 271 g/mol. The third-order valence-corrected chi connectivity index (χ3v) is 4.82. The van der Waals surface area contributed by atoms with Gasteiger partial charge in [0.05, 0.1) is 0 Å². The Labute approximate surface area is 121 Å². The SMILES string of the molecule is Cc1cc2c(n1CC1CC=CCC1)CC(C)(C)CC2=O. The molecule has 0 aromatic carbocycles. The van der Waals surface area contributed by atoms with Crippen LogP contribution in [0.3, 0.4) is 0 Å². The van der Waals surface area contributed by atoms with Gasteiger partial charge in [-0.15, -0.1) is 0 Å². The Hall–Kier alpha value is -1.31. The lowest BCUT2D eigenvalue weighted by Crippen LogP contribution is -2.28. The summed E-state index contributed by atoms with van der Waals surface area (Å²) >= 11 is 0. The first-order chi connectivity index (χ1) is 9.46. The number of nitrogens with zero attached hydrogens (tertiary/aromatic N) is 1. The molecule has 3 rings (SSSR count). The molecule has 20 heavy (non-hydrogen) atoms. The molecule has 0 radical (unpaired) electrons. The predicted molar refractivity (Wildman–Crippen MR) is 82.1 cm³/mol. The topological polar surface area (TPSA) is 22.0 Å². The van der Waals surface area contributed by atoms with Gasteiger partial charge in [-0.2, -0.15) is 0 Å². The first-order valence-electron chi connectivity index (χ1n) is 7.83. The van der Waals surface area contributed by atoms with Gasteiger partial charge in [0.15, 0.2) is 5.78 Å². The third-order valence-electron chi connectivity index (χ3n) is 4.82. The van der Waals surface area contributed by atoms with Crippen molar-refractivity contribution in [2.24, 2.45) is 11.3 Å². The van der Waals surface area contributed by atoms with E-state index in [0.29, 0.717) is 12.2 Å².